The molecule has 0 aliphatic carbocycles. The minimum atomic E-state index is 0.312. The zero-order chi connectivity index (χ0) is 13.8. The Morgan fingerprint density at radius 2 is 2.11 bits per heavy atom. The van der Waals surface area contributed by atoms with Gasteiger partial charge in [-0.2, -0.15) is 5.10 Å². The fourth-order valence-electron chi connectivity index (χ4n) is 1.63. The fraction of sp³-hybridized carbons (Fsp3) is 0.385. The van der Waals surface area contributed by atoms with Crippen molar-refractivity contribution >= 4 is 23.2 Å². The Kier molecular flexibility index (Phi) is 4.66. The molecule has 4 nitrogen and oxygen atoms in total. The highest BCUT2D eigenvalue weighted by Gasteiger charge is 2.09. The van der Waals surface area contributed by atoms with Crippen LogP contribution in [0.3, 0.4) is 0 Å². The van der Waals surface area contributed by atoms with Crippen LogP contribution in [0.1, 0.15) is 19.7 Å². The summed E-state index contributed by atoms with van der Waals surface area (Å²) in [6.07, 6.45) is 1.53. The molecule has 0 amide bonds. The highest BCUT2D eigenvalue weighted by Crippen LogP contribution is 2.28. The lowest BCUT2D eigenvalue weighted by atomic mass is 10.2. The summed E-state index contributed by atoms with van der Waals surface area (Å²) < 4.78 is 7.48. The number of aromatic nitrogens is 3. The Bertz CT molecular complexity index is 555. The molecule has 1 heterocycles. The Morgan fingerprint density at radius 3 is 2.84 bits per heavy atom. The maximum Gasteiger partial charge on any atom is 0.164 e. The molecule has 1 aromatic carbocycles. The highest BCUT2D eigenvalue weighted by molar-refractivity contribution is 6.34. The topological polar surface area (TPSA) is 39.9 Å². The third-order valence-corrected chi connectivity index (χ3v) is 3.03. The minimum Gasteiger partial charge on any atom is -0.484 e. The molecule has 0 fully saturated rings. The van der Waals surface area contributed by atoms with Gasteiger partial charge in [0.15, 0.2) is 5.82 Å². The molecule has 6 heteroatoms. The first-order valence-corrected chi connectivity index (χ1v) is 6.76. The van der Waals surface area contributed by atoms with Crippen LogP contribution < -0.4 is 4.74 Å². The number of hydrogen-bond donors (Lipinski definition) is 0. The summed E-state index contributed by atoms with van der Waals surface area (Å²) in [6.45, 7) is 5.37. The summed E-state index contributed by atoms with van der Waals surface area (Å²) in [5.74, 6) is 1.81. The van der Waals surface area contributed by atoms with E-state index in [2.05, 4.69) is 23.9 Å². The van der Waals surface area contributed by atoms with Gasteiger partial charge in [0, 0.05) is 17.6 Å². The van der Waals surface area contributed by atoms with Crippen molar-refractivity contribution in [2.45, 2.75) is 27.0 Å². The van der Waals surface area contributed by atoms with Gasteiger partial charge in [-0.15, -0.1) is 0 Å². The van der Waals surface area contributed by atoms with Crippen LogP contribution in [0.25, 0.3) is 0 Å². The molecule has 0 atom stereocenters. The zero-order valence-corrected chi connectivity index (χ0v) is 12.3. The molecular weight excluding hydrogens is 285 g/mol. The summed E-state index contributed by atoms with van der Waals surface area (Å²) >= 11 is 11.9. The summed E-state index contributed by atoms with van der Waals surface area (Å²) in [7, 11) is 0. The summed E-state index contributed by atoms with van der Waals surface area (Å²) in [4.78, 5) is 4.19. The van der Waals surface area contributed by atoms with E-state index in [1.165, 1.54) is 6.33 Å². The molecule has 0 spiro atoms. The van der Waals surface area contributed by atoms with Crippen LogP contribution in [0.4, 0.5) is 0 Å². The van der Waals surface area contributed by atoms with Crippen molar-refractivity contribution in [1.82, 2.24) is 14.8 Å². The van der Waals surface area contributed by atoms with Crippen LogP contribution >= 0.6 is 23.2 Å². The first-order valence-electron chi connectivity index (χ1n) is 6.01. The lowest BCUT2D eigenvalue weighted by Crippen LogP contribution is -2.12. The molecule has 0 saturated carbocycles. The lowest BCUT2D eigenvalue weighted by molar-refractivity contribution is 0.283. The van der Waals surface area contributed by atoms with E-state index in [4.69, 9.17) is 27.9 Å². The molecule has 1 aromatic heterocycles. The number of ether oxygens (including phenoxy) is 1. The molecule has 0 unspecified atom stereocenters. The van der Waals surface area contributed by atoms with E-state index in [0.29, 0.717) is 28.3 Å². The van der Waals surface area contributed by atoms with Gasteiger partial charge in [0.25, 0.3) is 0 Å². The third kappa shape index (κ3) is 3.85. The standard InChI is InChI=1S/C13H15Cl2N3O/c1-9(2)6-18-13(16-8-17-18)7-19-12-5-10(14)3-4-11(12)15/h3-5,8-9H,6-7H2,1-2H3. The molecule has 0 aliphatic heterocycles. The van der Waals surface area contributed by atoms with Crippen LogP contribution in [0.15, 0.2) is 24.5 Å². The number of nitrogens with zero attached hydrogens (tertiary/aromatic N) is 3. The molecule has 102 valence electrons. The Balaban J connectivity index is 2.06. The zero-order valence-electron chi connectivity index (χ0n) is 10.8. The molecule has 2 aromatic rings. The average Bonchev–Trinajstić information content (AvgIpc) is 2.77. The second-order valence-electron chi connectivity index (χ2n) is 4.62. The third-order valence-electron chi connectivity index (χ3n) is 2.48. The lowest BCUT2D eigenvalue weighted by Gasteiger charge is -2.10. The fourth-order valence-corrected chi connectivity index (χ4v) is 1.96. The maximum atomic E-state index is 6.03. The molecule has 0 radical (unpaired) electrons. The molecule has 19 heavy (non-hydrogen) atoms. The van der Waals surface area contributed by atoms with Crippen LogP contribution in [-0.2, 0) is 13.2 Å². The molecule has 0 bridgehead atoms. The van der Waals surface area contributed by atoms with Crippen molar-refractivity contribution in [2.24, 2.45) is 5.92 Å². The van der Waals surface area contributed by atoms with Gasteiger partial charge in [0.05, 0.1) is 5.02 Å². The van der Waals surface area contributed by atoms with Crippen LogP contribution in [-0.4, -0.2) is 14.8 Å². The van der Waals surface area contributed by atoms with Crippen molar-refractivity contribution in [2.75, 3.05) is 0 Å². The van der Waals surface area contributed by atoms with E-state index < -0.39 is 0 Å². The number of hydrogen-bond acceptors (Lipinski definition) is 3. The van der Waals surface area contributed by atoms with E-state index >= 15 is 0 Å². The number of rotatable bonds is 5. The molecule has 0 N–H and O–H groups in total. The molecular formula is C13H15Cl2N3O. The van der Waals surface area contributed by atoms with E-state index in [1.807, 2.05) is 4.68 Å². The van der Waals surface area contributed by atoms with Crippen LogP contribution in [0.5, 0.6) is 5.75 Å². The summed E-state index contributed by atoms with van der Waals surface area (Å²) in [5, 5.41) is 5.29. The predicted molar refractivity (Wildman–Crippen MR) is 75.7 cm³/mol. The highest BCUT2D eigenvalue weighted by atomic mass is 35.5. The average molecular weight is 300 g/mol. The van der Waals surface area contributed by atoms with Crippen LogP contribution in [0, 0.1) is 5.92 Å². The normalized spacial score (nSPS) is 11.0. The largest absolute Gasteiger partial charge is 0.484 e. The van der Waals surface area contributed by atoms with E-state index in [9.17, 15) is 0 Å². The second kappa shape index (κ2) is 6.26. The monoisotopic (exact) mass is 299 g/mol. The van der Waals surface area contributed by atoms with Crippen molar-refractivity contribution in [3.05, 3.63) is 40.4 Å². The first kappa shape index (κ1) is 14.2. The summed E-state index contributed by atoms with van der Waals surface area (Å²) in [5.41, 5.74) is 0. The van der Waals surface area contributed by atoms with Crippen LogP contribution in [0.2, 0.25) is 10.0 Å². The van der Waals surface area contributed by atoms with Crippen molar-refractivity contribution in [1.29, 1.82) is 0 Å². The maximum absolute atomic E-state index is 6.03. The van der Waals surface area contributed by atoms with Crippen molar-refractivity contribution < 1.29 is 4.74 Å². The predicted octanol–water partition coefficient (Wildman–Crippen LogP) is 3.82. The SMILES string of the molecule is CC(C)Cn1ncnc1COc1cc(Cl)ccc1Cl. The number of benzene rings is 1. The smallest absolute Gasteiger partial charge is 0.164 e. The van der Waals surface area contributed by atoms with Gasteiger partial charge >= 0.3 is 0 Å². The van der Waals surface area contributed by atoms with Crippen molar-refractivity contribution in [3.8, 4) is 5.75 Å². The Labute approximate surface area is 122 Å². The first-order chi connectivity index (χ1) is 9.06. The quantitative estimate of drug-likeness (QED) is 0.842. The van der Waals surface area contributed by atoms with Gasteiger partial charge in [-0.05, 0) is 18.1 Å². The second-order valence-corrected chi connectivity index (χ2v) is 5.46. The minimum absolute atomic E-state index is 0.312. The molecule has 2 rings (SSSR count). The number of halogens is 2. The van der Waals surface area contributed by atoms with E-state index in [0.717, 1.165) is 12.4 Å². The van der Waals surface area contributed by atoms with E-state index in [1.54, 1.807) is 18.2 Å². The van der Waals surface area contributed by atoms with E-state index in [-0.39, 0.29) is 0 Å². The molecule has 0 saturated heterocycles. The van der Waals surface area contributed by atoms with Gasteiger partial charge in [-0.1, -0.05) is 37.0 Å². The molecule has 0 aliphatic rings. The Hall–Kier alpha value is -1.26. The van der Waals surface area contributed by atoms with Gasteiger partial charge in [-0.25, -0.2) is 9.67 Å². The van der Waals surface area contributed by atoms with Crippen molar-refractivity contribution in [3.63, 3.8) is 0 Å². The van der Waals surface area contributed by atoms with Gasteiger partial charge in [0.2, 0.25) is 0 Å². The van der Waals surface area contributed by atoms with Gasteiger partial charge < -0.3 is 4.74 Å². The van der Waals surface area contributed by atoms with Gasteiger partial charge in [-0.3, -0.25) is 0 Å². The summed E-state index contributed by atoms with van der Waals surface area (Å²) in [6, 6.07) is 5.11. The Morgan fingerprint density at radius 1 is 1.32 bits per heavy atom. The van der Waals surface area contributed by atoms with Gasteiger partial charge in [0.1, 0.15) is 18.7 Å².